The molecule has 0 aromatic heterocycles. The number of methoxy groups -OCH3 is 2. The van der Waals surface area contributed by atoms with Crippen molar-refractivity contribution in [2.45, 2.75) is 25.7 Å². The Labute approximate surface area is 294 Å². The van der Waals surface area contributed by atoms with E-state index in [9.17, 15) is 12.9 Å². The third kappa shape index (κ3) is 15.8. The standard InChI is InChI=1S/C28H28O2P2.C8H12.CH3.BF3.FH.Rh/c1-29-25-17-9-11-19-27(25)31(23-13-5-3-6-14-23)21-22-32(24-15-7-4-8-16-24)28-20-12-10-18-26(28)30-2;1-2-4-6-8-7-5-3-1;;2-1(3)4;;/h3-20H,21-22H2,1-2H3;1-2,7-8H,3-6H2;1H3;;1H;/q;;-1;;;/p+1/b;2-1-,8-7?;;;;. The summed E-state index contributed by atoms with van der Waals surface area (Å²) in [7, 11) is -2.14. The van der Waals surface area contributed by atoms with E-state index in [0.717, 1.165) is 23.8 Å². The third-order valence-corrected chi connectivity index (χ3v) is 13.3. The Kier molecular flexibility index (Phi) is 24.7. The normalized spacial score (nSPS) is 13.3. The molecule has 0 N–H and O–H groups in total. The smallest absolute Gasteiger partial charge is 0.762 e. The molecule has 4 aromatic rings. The average molecular weight is 773 g/mol. The van der Waals surface area contributed by atoms with Gasteiger partial charge in [-0.15, -0.1) is 0 Å². The number of allylic oxidation sites excluding steroid dienone is 4. The van der Waals surface area contributed by atoms with E-state index >= 15 is 0 Å². The zero-order chi connectivity index (χ0) is 31.4. The van der Waals surface area contributed by atoms with Gasteiger partial charge in [-0.2, -0.15) is 0 Å². The van der Waals surface area contributed by atoms with Gasteiger partial charge in [-0.25, -0.2) is 0 Å². The van der Waals surface area contributed by atoms with Crippen molar-refractivity contribution in [2.75, 3.05) is 26.5 Å². The molecule has 0 spiro atoms. The van der Waals surface area contributed by atoms with Gasteiger partial charge in [0.2, 0.25) is 0 Å². The van der Waals surface area contributed by atoms with Crippen molar-refractivity contribution in [3.8, 4) is 11.5 Å². The van der Waals surface area contributed by atoms with Crippen LogP contribution in [0, 0.1) is 7.43 Å². The van der Waals surface area contributed by atoms with Crippen molar-refractivity contribution >= 4 is 44.6 Å². The van der Waals surface area contributed by atoms with Crippen LogP contribution in [-0.4, -0.2) is 34.1 Å². The van der Waals surface area contributed by atoms with E-state index in [2.05, 4.69) is 133 Å². The molecule has 4 aromatic carbocycles. The van der Waals surface area contributed by atoms with Crippen LogP contribution >= 0.6 is 15.8 Å². The van der Waals surface area contributed by atoms with Crippen molar-refractivity contribution in [3.05, 3.63) is 141 Å². The van der Waals surface area contributed by atoms with Crippen LogP contribution in [0.5, 0.6) is 11.5 Å². The molecule has 0 amide bonds. The Morgan fingerprint density at radius 2 is 0.809 bits per heavy atom. The van der Waals surface area contributed by atoms with Gasteiger partial charge in [-0.1, -0.05) is 85.0 Å². The van der Waals surface area contributed by atoms with Gasteiger partial charge in [0.25, 0.3) is 0 Å². The van der Waals surface area contributed by atoms with Gasteiger partial charge < -0.3 is 21.6 Å². The van der Waals surface area contributed by atoms with Crippen molar-refractivity contribution in [1.82, 2.24) is 0 Å². The predicted octanol–water partition coefficient (Wildman–Crippen LogP) is 5.74. The molecular weight excluding hydrogens is 728 g/mol. The molecule has 10 heteroatoms. The van der Waals surface area contributed by atoms with E-state index in [4.69, 9.17) is 9.47 Å². The van der Waals surface area contributed by atoms with Crippen LogP contribution in [0.1, 0.15) is 25.7 Å². The van der Waals surface area contributed by atoms with Crippen LogP contribution in [0.2, 0.25) is 0 Å². The van der Waals surface area contributed by atoms with Crippen molar-refractivity contribution in [2.24, 2.45) is 0 Å². The zero-order valence-electron chi connectivity index (χ0n) is 27.2. The van der Waals surface area contributed by atoms with Gasteiger partial charge in [0.1, 0.15) is 22.9 Å². The summed E-state index contributed by atoms with van der Waals surface area (Å²) in [5, 5.41) is 5.55. The monoisotopic (exact) mass is 773 g/mol. The largest absolute Gasteiger partial charge is 1.00 e. The Bertz CT molecular complexity index is 1300. The molecule has 1 aliphatic carbocycles. The number of rotatable bonds is 9. The molecule has 0 aliphatic heterocycles. The minimum atomic E-state index is -3.67. The van der Waals surface area contributed by atoms with Gasteiger partial charge in [0.15, 0.2) is 11.5 Å². The number of para-hydroxylation sites is 2. The van der Waals surface area contributed by atoms with Gasteiger partial charge in [0, 0.05) is 19.5 Å². The minimum absolute atomic E-state index is 0. The van der Waals surface area contributed by atoms with E-state index in [-0.39, 0.29) is 31.6 Å². The van der Waals surface area contributed by atoms with Crippen LogP contribution in [0.25, 0.3) is 0 Å². The molecule has 5 rings (SSSR count). The molecule has 0 saturated heterocycles. The second kappa shape index (κ2) is 26.2. The Hall–Kier alpha value is -2.77. The molecule has 2 unspecified atom stereocenters. The van der Waals surface area contributed by atoms with Crippen molar-refractivity contribution in [3.63, 3.8) is 0 Å². The second-order valence-electron chi connectivity index (χ2n) is 9.93. The predicted molar refractivity (Wildman–Crippen MR) is 196 cm³/mol. The number of benzene rings is 4. The topological polar surface area (TPSA) is 18.5 Å². The molecule has 2 nitrogen and oxygen atoms in total. The first-order valence-electron chi connectivity index (χ1n) is 14.9. The maximum atomic E-state index is 9.67. The van der Waals surface area contributed by atoms with Gasteiger partial charge in [0.05, 0.1) is 40.7 Å². The van der Waals surface area contributed by atoms with E-state index in [1.54, 1.807) is 14.2 Å². The molecule has 0 saturated carbocycles. The van der Waals surface area contributed by atoms with Crippen LogP contribution in [0.4, 0.5) is 12.9 Å². The van der Waals surface area contributed by atoms with Gasteiger partial charge in [-0.05, 0) is 74.2 Å². The fourth-order valence-corrected chi connectivity index (χ4v) is 11.5. The number of ether oxygens (including phenoxy) is 2. The summed E-state index contributed by atoms with van der Waals surface area (Å²) in [6, 6.07) is 39.0. The number of hydrogen-bond donors (Lipinski definition) is 0. The van der Waals surface area contributed by atoms with E-state index < -0.39 is 23.4 Å². The Balaban J connectivity index is 0.00000120. The Morgan fingerprint density at radius 3 is 1.11 bits per heavy atom. The van der Waals surface area contributed by atoms with Crippen LogP contribution < -0.4 is 35.4 Å². The number of hydrogen-bond acceptors (Lipinski definition) is 2. The molecule has 255 valence electrons. The first-order chi connectivity index (χ1) is 21.5. The summed E-state index contributed by atoms with van der Waals surface area (Å²) in [6.45, 7) is 0. The van der Waals surface area contributed by atoms with Crippen LogP contribution in [0.15, 0.2) is 133 Å². The van der Waals surface area contributed by atoms with Crippen LogP contribution in [-0.2, 0) is 19.5 Å². The first kappa shape index (κ1) is 44.2. The summed E-state index contributed by atoms with van der Waals surface area (Å²) < 4.78 is 40.5. The summed E-state index contributed by atoms with van der Waals surface area (Å²) in [6.07, 6.45) is 16.3. The average Bonchev–Trinajstić information content (AvgIpc) is 3.04. The molecular formula is C37H45BF4O2P2Rh. The zero-order valence-corrected chi connectivity index (χ0v) is 30.8. The fourth-order valence-electron chi connectivity index (χ4n) is 5.04. The molecule has 0 fully saturated rings. The van der Waals surface area contributed by atoms with Gasteiger partial charge in [-0.3, -0.25) is 12.9 Å². The van der Waals surface area contributed by atoms with Crippen LogP contribution in [0.3, 0.4) is 0 Å². The van der Waals surface area contributed by atoms with E-state index in [0.29, 0.717) is 0 Å². The minimum Gasteiger partial charge on any atom is -1.00 e. The molecule has 2 atom stereocenters. The quantitative estimate of drug-likeness (QED) is 0.0712. The molecule has 0 bridgehead atoms. The summed E-state index contributed by atoms with van der Waals surface area (Å²) in [5.41, 5.74) is 0. The SMILES string of the molecule is C1=CCC/C=C\CC1.COc1ccccc1[PH+](CC[PH+](c1ccccc1)c1ccccc1OC)c1ccccc1.FB(F)F.[CH3-].[F-].[Rh]. The molecule has 47 heavy (non-hydrogen) atoms. The Morgan fingerprint density at radius 1 is 0.532 bits per heavy atom. The molecule has 0 heterocycles. The summed E-state index contributed by atoms with van der Waals surface area (Å²) in [4.78, 5) is 0. The number of halogens is 4. The maximum Gasteiger partial charge on any atom is 0.762 e. The van der Waals surface area contributed by atoms with E-state index in [1.807, 2.05) is 0 Å². The second-order valence-corrected chi connectivity index (χ2v) is 15.1. The maximum absolute atomic E-state index is 9.67. The summed E-state index contributed by atoms with van der Waals surface area (Å²) >= 11 is 0. The molecule has 1 radical (unpaired) electrons. The van der Waals surface area contributed by atoms with E-state index in [1.165, 1.54) is 46.9 Å². The fraction of sp³-hybridized carbons (Fsp3) is 0.216. The first-order valence-corrected chi connectivity index (χ1v) is 18.3. The molecule has 1 aliphatic rings. The summed E-state index contributed by atoms with van der Waals surface area (Å²) in [5.74, 6) is 1.99. The third-order valence-electron chi connectivity index (χ3n) is 7.07. The van der Waals surface area contributed by atoms with Crippen molar-refractivity contribution in [1.29, 1.82) is 0 Å². The van der Waals surface area contributed by atoms with Gasteiger partial charge >= 0.3 is 7.54 Å². The van der Waals surface area contributed by atoms with Crippen molar-refractivity contribution < 1.29 is 46.6 Å².